The summed E-state index contributed by atoms with van der Waals surface area (Å²) < 4.78 is 100. The molecule has 3 aromatic rings. The number of alkyl halides is 6. The maximum absolute atomic E-state index is 15.0. The summed E-state index contributed by atoms with van der Waals surface area (Å²) >= 11 is 0. The van der Waals surface area contributed by atoms with Gasteiger partial charge in [0.05, 0.1) is 32.2 Å². The lowest BCUT2D eigenvalue weighted by atomic mass is 9.91. The van der Waals surface area contributed by atoms with Crippen LogP contribution in [0.25, 0.3) is 21.7 Å². The molecule has 0 saturated heterocycles. The Kier molecular flexibility index (Phi) is 6.91. The van der Waals surface area contributed by atoms with Gasteiger partial charge in [0.15, 0.2) is 11.5 Å². The highest BCUT2D eigenvalue weighted by molar-refractivity contribution is 6.11. The molecule has 2 aromatic carbocycles. The molecule has 3 rings (SSSR count). The number of ether oxygens (including phenoxy) is 3. The van der Waals surface area contributed by atoms with E-state index in [1.54, 1.807) is 0 Å². The molecule has 0 aliphatic carbocycles. The summed E-state index contributed by atoms with van der Waals surface area (Å²) in [6.45, 7) is 2.00. The third kappa shape index (κ3) is 4.03. The normalized spacial score (nSPS) is 14.3. The first kappa shape index (κ1) is 26.5. The zero-order chi connectivity index (χ0) is 26.3. The molecule has 0 aliphatic heterocycles. The average molecular weight is 507 g/mol. The minimum atomic E-state index is -6.17. The number of hydrogen-bond acceptors (Lipinski definition) is 5. The van der Waals surface area contributed by atoms with Crippen molar-refractivity contribution in [2.75, 3.05) is 21.3 Å². The number of aryl methyl sites for hydroxylation is 1. The molecule has 35 heavy (non-hydrogen) atoms. The second-order valence-corrected chi connectivity index (χ2v) is 7.81. The molecule has 12 heteroatoms. The molecule has 0 radical (unpaired) electrons. The number of unbranched alkanes of at least 4 members (excludes halogenated alkanes) is 1. The van der Waals surface area contributed by atoms with Gasteiger partial charge in [-0.1, -0.05) is 19.4 Å². The molecular weight excluding hydrogens is 484 g/mol. The summed E-state index contributed by atoms with van der Waals surface area (Å²) in [5.74, 6) is -0.0748. The first-order chi connectivity index (χ1) is 16.3. The number of nitrogens with zero attached hydrogens (tertiary/aromatic N) is 1. The lowest BCUT2D eigenvalue weighted by Gasteiger charge is -2.32. The van der Waals surface area contributed by atoms with Crippen molar-refractivity contribution >= 4 is 21.7 Å². The van der Waals surface area contributed by atoms with E-state index in [0.29, 0.717) is 25.0 Å². The number of rotatable bonds is 8. The van der Waals surface area contributed by atoms with Crippen molar-refractivity contribution < 1.29 is 45.7 Å². The molecule has 1 N–H and O–H groups in total. The molecule has 0 aliphatic rings. The molecule has 0 spiro atoms. The molecule has 0 saturated carbocycles. The number of aromatic nitrogens is 1. The van der Waals surface area contributed by atoms with Gasteiger partial charge < -0.3 is 23.9 Å². The van der Waals surface area contributed by atoms with Gasteiger partial charge in [0, 0.05) is 22.9 Å². The number of benzene rings is 2. The molecule has 1 aromatic heterocycles. The minimum Gasteiger partial charge on any atom is -0.493 e. The van der Waals surface area contributed by atoms with Crippen LogP contribution in [-0.2, 0) is 12.2 Å². The Morgan fingerprint density at radius 1 is 0.914 bits per heavy atom. The van der Waals surface area contributed by atoms with E-state index in [1.165, 1.54) is 32.0 Å². The van der Waals surface area contributed by atoms with Crippen LogP contribution in [0, 0.1) is 0 Å². The summed E-state index contributed by atoms with van der Waals surface area (Å²) in [6, 6.07) is 3.22. The first-order valence-electron chi connectivity index (χ1n) is 10.4. The molecule has 192 valence electrons. The van der Waals surface area contributed by atoms with E-state index in [0.717, 1.165) is 6.07 Å². The predicted octanol–water partition coefficient (Wildman–Crippen LogP) is 5.29. The van der Waals surface area contributed by atoms with E-state index >= 15 is 4.39 Å². The van der Waals surface area contributed by atoms with Crippen molar-refractivity contribution in [1.29, 1.82) is 0 Å². The highest BCUT2D eigenvalue weighted by Crippen LogP contribution is 2.52. The number of hydrogen-bond donors (Lipinski definition) is 1. The average Bonchev–Trinajstić information content (AvgIpc) is 2.80. The van der Waals surface area contributed by atoms with Crippen LogP contribution in [0.5, 0.6) is 17.2 Å². The topological polar surface area (TPSA) is 69.9 Å². The Bertz CT molecular complexity index is 1300. The monoisotopic (exact) mass is 507 g/mol. The van der Waals surface area contributed by atoms with Crippen LogP contribution < -0.4 is 19.8 Å². The third-order valence-corrected chi connectivity index (χ3v) is 5.80. The van der Waals surface area contributed by atoms with Crippen LogP contribution in [0.3, 0.4) is 0 Å². The van der Waals surface area contributed by atoms with Crippen LogP contribution in [-0.4, -0.2) is 43.3 Å². The van der Waals surface area contributed by atoms with Gasteiger partial charge in [-0.05, 0) is 24.6 Å². The number of halogens is 6. The molecule has 6 nitrogen and oxygen atoms in total. The van der Waals surface area contributed by atoms with Crippen LogP contribution in [0.2, 0.25) is 0 Å². The molecule has 0 fully saturated rings. The van der Waals surface area contributed by atoms with Gasteiger partial charge in [-0.2, -0.15) is 22.0 Å². The second-order valence-electron chi connectivity index (χ2n) is 7.81. The maximum Gasteiger partial charge on any atom is 0.435 e. The van der Waals surface area contributed by atoms with Crippen molar-refractivity contribution in [2.45, 2.75) is 44.3 Å². The quantitative estimate of drug-likeness (QED) is 0.331. The number of pyridine rings is 1. The highest BCUT2D eigenvalue weighted by Gasteiger charge is 2.72. The fourth-order valence-electron chi connectivity index (χ4n) is 4.08. The summed E-state index contributed by atoms with van der Waals surface area (Å²) in [5, 5.41) is 8.57. The van der Waals surface area contributed by atoms with Gasteiger partial charge >= 0.3 is 18.0 Å². The zero-order valence-electron chi connectivity index (χ0n) is 19.2. The van der Waals surface area contributed by atoms with Gasteiger partial charge in [-0.3, -0.25) is 4.79 Å². The third-order valence-electron chi connectivity index (χ3n) is 5.80. The lowest BCUT2D eigenvalue weighted by Crippen LogP contribution is -2.52. The van der Waals surface area contributed by atoms with Crippen molar-refractivity contribution in [2.24, 2.45) is 0 Å². The summed E-state index contributed by atoms with van der Waals surface area (Å²) in [6.07, 6.45) is -10.8. The van der Waals surface area contributed by atoms with Gasteiger partial charge in [0.1, 0.15) is 0 Å². The molecule has 0 amide bonds. The summed E-state index contributed by atoms with van der Waals surface area (Å²) in [5.41, 5.74) is -7.48. The van der Waals surface area contributed by atoms with Crippen molar-refractivity contribution in [3.63, 3.8) is 0 Å². The van der Waals surface area contributed by atoms with Gasteiger partial charge in [0.25, 0.3) is 5.56 Å². The molecule has 0 bridgehead atoms. The minimum absolute atomic E-state index is 0.0188. The standard InChI is InChI=1S/C23H23F6NO5/c1-5-6-9-30-15-8-7-12(21(24,22(25,26)27)23(28,29)32)10-13(15)17-14(20(30)31)11-16(33-2)18(34-3)19(17)35-4/h7-8,10-11,32H,5-6,9H2,1-4H3. The molecule has 1 atom stereocenters. The number of fused-ring (bicyclic) bond motifs is 3. The summed E-state index contributed by atoms with van der Waals surface area (Å²) in [7, 11) is 3.75. The number of methoxy groups -OCH3 is 3. The fourth-order valence-corrected chi connectivity index (χ4v) is 4.08. The van der Waals surface area contributed by atoms with Crippen LogP contribution in [0.15, 0.2) is 29.1 Å². The van der Waals surface area contributed by atoms with E-state index in [1.807, 2.05) is 6.92 Å². The fraction of sp³-hybridized carbons (Fsp3) is 0.435. The van der Waals surface area contributed by atoms with E-state index in [9.17, 15) is 26.7 Å². The first-order valence-corrected chi connectivity index (χ1v) is 10.4. The predicted molar refractivity (Wildman–Crippen MR) is 116 cm³/mol. The van der Waals surface area contributed by atoms with Crippen molar-refractivity contribution in [3.8, 4) is 17.2 Å². The van der Waals surface area contributed by atoms with Gasteiger partial charge in [-0.15, -0.1) is 0 Å². The zero-order valence-corrected chi connectivity index (χ0v) is 19.2. The van der Waals surface area contributed by atoms with E-state index in [2.05, 4.69) is 0 Å². The van der Waals surface area contributed by atoms with E-state index in [-0.39, 0.29) is 45.5 Å². The highest BCUT2D eigenvalue weighted by atomic mass is 19.4. The van der Waals surface area contributed by atoms with Gasteiger partial charge in [0.2, 0.25) is 5.75 Å². The van der Waals surface area contributed by atoms with E-state index in [4.69, 9.17) is 19.3 Å². The lowest BCUT2D eigenvalue weighted by molar-refractivity contribution is -0.375. The maximum atomic E-state index is 15.0. The largest absolute Gasteiger partial charge is 0.493 e. The second kappa shape index (κ2) is 9.14. The van der Waals surface area contributed by atoms with Crippen molar-refractivity contribution in [3.05, 3.63) is 40.2 Å². The molecular formula is C23H23F6NO5. The van der Waals surface area contributed by atoms with Crippen LogP contribution in [0.4, 0.5) is 26.3 Å². The Morgan fingerprint density at radius 3 is 2.03 bits per heavy atom. The van der Waals surface area contributed by atoms with Crippen LogP contribution >= 0.6 is 0 Å². The Balaban J connectivity index is 2.61. The number of aliphatic hydroxyl groups is 1. The smallest absolute Gasteiger partial charge is 0.435 e. The summed E-state index contributed by atoms with van der Waals surface area (Å²) in [4.78, 5) is 13.4. The van der Waals surface area contributed by atoms with Crippen LogP contribution in [0.1, 0.15) is 25.3 Å². The Morgan fingerprint density at radius 2 is 1.54 bits per heavy atom. The Hall–Kier alpha value is -3.15. The van der Waals surface area contributed by atoms with Gasteiger partial charge in [-0.25, -0.2) is 4.39 Å². The van der Waals surface area contributed by atoms with Crippen molar-refractivity contribution in [1.82, 2.24) is 4.57 Å². The Labute approximate surface area is 195 Å². The molecule has 1 heterocycles. The van der Waals surface area contributed by atoms with E-state index < -0.39 is 29.1 Å². The SMILES string of the molecule is CCCCn1c(=O)c2cc(OC)c(OC)c(OC)c2c2cc(C(F)(C(O)(F)F)C(F)(F)F)ccc21. The molecule has 1 unspecified atom stereocenters.